The number of pyridine rings is 1. The molecule has 0 radical (unpaired) electrons. The highest BCUT2D eigenvalue weighted by atomic mass is 16.4. The zero-order valence-electron chi connectivity index (χ0n) is 9.55. The van der Waals surface area contributed by atoms with Crippen LogP contribution < -0.4 is 0 Å². The van der Waals surface area contributed by atoms with Crippen molar-refractivity contribution in [2.45, 2.75) is 13.3 Å². The fourth-order valence-electron chi connectivity index (χ4n) is 1.76. The average molecular weight is 227 g/mol. The molecule has 0 aliphatic carbocycles. The fraction of sp³-hybridized carbons (Fsp3) is 0.143. The smallest absolute Gasteiger partial charge is 0.335 e. The van der Waals surface area contributed by atoms with Crippen LogP contribution >= 0.6 is 0 Å². The number of hydrogen-bond donors (Lipinski definition) is 1. The number of aromatic carboxylic acids is 1. The zero-order chi connectivity index (χ0) is 12.3. The molecule has 1 heterocycles. The zero-order valence-corrected chi connectivity index (χ0v) is 9.55. The van der Waals surface area contributed by atoms with Gasteiger partial charge >= 0.3 is 5.97 Å². The molecule has 0 saturated heterocycles. The Labute approximate surface area is 99.8 Å². The van der Waals surface area contributed by atoms with Gasteiger partial charge in [0.15, 0.2) is 0 Å². The van der Waals surface area contributed by atoms with Crippen molar-refractivity contribution in [3.63, 3.8) is 0 Å². The van der Waals surface area contributed by atoms with Crippen LogP contribution in [0.4, 0.5) is 0 Å². The molecule has 0 spiro atoms. The minimum Gasteiger partial charge on any atom is -0.478 e. The Morgan fingerprint density at radius 3 is 2.59 bits per heavy atom. The predicted molar refractivity (Wildman–Crippen MR) is 65.2 cm³/mol. The van der Waals surface area contributed by atoms with Crippen LogP contribution in [-0.4, -0.2) is 16.1 Å². The highest BCUT2D eigenvalue weighted by Crippen LogP contribution is 2.11. The summed E-state index contributed by atoms with van der Waals surface area (Å²) in [4.78, 5) is 15.3. The topological polar surface area (TPSA) is 50.2 Å². The first-order valence-electron chi connectivity index (χ1n) is 5.40. The van der Waals surface area contributed by atoms with Crippen LogP contribution in [0, 0.1) is 6.92 Å². The van der Waals surface area contributed by atoms with Gasteiger partial charge in [-0.05, 0) is 24.6 Å². The van der Waals surface area contributed by atoms with E-state index in [9.17, 15) is 4.79 Å². The maximum absolute atomic E-state index is 10.9. The van der Waals surface area contributed by atoms with Gasteiger partial charge in [0.25, 0.3) is 0 Å². The van der Waals surface area contributed by atoms with E-state index in [4.69, 9.17) is 5.11 Å². The highest BCUT2D eigenvalue weighted by Gasteiger charge is 2.06. The van der Waals surface area contributed by atoms with Crippen molar-refractivity contribution in [1.82, 2.24) is 4.98 Å². The Hall–Kier alpha value is -2.16. The van der Waals surface area contributed by atoms with Gasteiger partial charge in [-0.25, -0.2) is 4.79 Å². The van der Waals surface area contributed by atoms with Gasteiger partial charge in [0.2, 0.25) is 0 Å². The lowest BCUT2D eigenvalue weighted by Crippen LogP contribution is -2.02. The summed E-state index contributed by atoms with van der Waals surface area (Å²) in [5, 5.41) is 8.97. The average Bonchev–Trinajstić information content (AvgIpc) is 2.29. The third-order valence-electron chi connectivity index (χ3n) is 2.48. The molecule has 2 aromatic rings. The Bertz CT molecular complexity index is 535. The molecule has 3 heteroatoms. The van der Waals surface area contributed by atoms with E-state index in [0.29, 0.717) is 12.0 Å². The summed E-state index contributed by atoms with van der Waals surface area (Å²) in [6.45, 7) is 1.81. The maximum Gasteiger partial charge on any atom is 0.335 e. The fourth-order valence-corrected chi connectivity index (χ4v) is 1.76. The van der Waals surface area contributed by atoms with Crippen LogP contribution in [-0.2, 0) is 6.42 Å². The molecule has 17 heavy (non-hydrogen) atoms. The van der Waals surface area contributed by atoms with E-state index in [1.54, 1.807) is 19.1 Å². The molecular weight excluding hydrogens is 214 g/mol. The number of rotatable bonds is 3. The number of carboxylic acid groups (broad SMARTS) is 1. The molecule has 0 unspecified atom stereocenters. The summed E-state index contributed by atoms with van der Waals surface area (Å²) in [7, 11) is 0. The van der Waals surface area contributed by atoms with Gasteiger partial charge in [0.1, 0.15) is 0 Å². The van der Waals surface area contributed by atoms with E-state index < -0.39 is 5.97 Å². The van der Waals surface area contributed by atoms with Gasteiger partial charge in [-0.2, -0.15) is 0 Å². The summed E-state index contributed by atoms with van der Waals surface area (Å²) in [5.41, 5.74) is 2.94. The number of aromatic nitrogens is 1. The minimum atomic E-state index is -0.912. The molecule has 1 aromatic carbocycles. The second kappa shape index (κ2) is 4.78. The normalized spacial score (nSPS) is 10.2. The van der Waals surface area contributed by atoms with Gasteiger partial charge in [-0.1, -0.05) is 30.3 Å². The monoisotopic (exact) mass is 227 g/mol. The van der Waals surface area contributed by atoms with Crippen molar-refractivity contribution in [2.24, 2.45) is 0 Å². The molecule has 0 aliphatic rings. The molecule has 86 valence electrons. The van der Waals surface area contributed by atoms with Crippen molar-refractivity contribution in [2.75, 3.05) is 0 Å². The van der Waals surface area contributed by atoms with Gasteiger partial charge < -0.3 is 5.11 Å². The lowest BCUT2D eigenvalue weighted by atomic mass is 10.1. The molecule has 2 rings (SSSR count). The van der Waals surface area contributed by atoms with Crippen molar-refractivity contribution in [3.8, 4) is 0 Å². The number of benzene rings is 1. The van der Waals surface area contributed by atoms with E-state index in [1.165, 1.54) is 0 Å². The predicted octanol–water partition coefficient (Wildman–Crippen LogP) is 2.68. The van der Waals surface area contributed by atoms with Crippen molar-refractivity contribution in [3.05, 3.63) is 65.0 Å². The summed E-state index contributed by atoms with van der Waals surface area (Å²) >= 11 is 0. The SMILES string of the molecule is Cc1cc(C(=O)O)cc(Cc2ccccc2)n1. The number of aryl methyl sites for hydroxylation is 1. The Morgan fingerprint density at radius 1 is 1.24 bits per heavy atom. The number of carbonyl (C=O) groups is 1. The number of nitrogens with zero attached hydrogens (tertiary/aromatic N) is 1. The summed E-state index contributed by atoms with van der Waals surface area (Å²) in [6, 6.07) is 13.1. The molecule has 3 nitrogen and oxygen atoms in total. The van der Waals surface area contributed by atoms with Crippen LogP contribution in [0.3, 0.4) is 0 Å². The van der Waals surface area contributed by atoms with Gasteiger partial charge in [-0.15, -0.1) is 0 Å². The Morgan fingerprint density at radius 2 is 1.94 bits per heavy atom. The molecular formula is C14H13NO2. The maximum atomic E-state index is 10.9. The molecule has 1 N–H and O–H groups in total. The van der Waals surface area contributed by atoms with Crippen molar-refractivity contribution in [1.29, 1.82) is 0 Å². The Balaban J connectivity index is 2.30. The second-order valence-electron chi connectivity index (χ2n) is 3.96. The quantitative estimate of drug-likeness (QED) is 0.877. The molecule has 0 saturated carbocycles. The minimum absolute atomic E-state index is 0.295. The molecule has 0 fully saturated rings. The number of carboxylic acids is 1. The molecule has 0 atom stereocenters. The van der Waals surface area contributed by atoms with Crippen LogP contribution in [0.5, 0.6) is 0 Å². The number of hydrogen-bond acceptors (Lipinski definition) is 2. The largest absolute Gasteiger partial charge is 0.478 e. The van der Waals surface area contributed by atoms with E-state index in [0.717, 1.165) is 17.0 Å². The van der Waals surface area contributed by atoms with Crippen LogP contribution in [0.25, 0.3) is 0 Å². The van der Waals surface area contributed by atoms with Crippen LogP contribution in [0.1, 0.15) is 27.3 Å². The summed E-state index contributed by atoms with van der Waals surface area (Å²) < 4.78 is 0. The molecule has 0 aliphatic heterocycles. The Kier molecular flexibility index (Phi) is 3.19. The van der Waals surface area contributed by atoms with Gasteiger partial charge in [0, 0.05) is 17.8 Å². The molecule has 0 bridgehead atoms. The lowest BCUT2D eigenvalue weighted by Gasteiger charge is -2.04. The third kappa shape index (κ3) is 2.91. The summed E-state index contributed by atoms with van der Waals surface area (Å²) in [6.07, 6.45) is 0.656. The first kappa shape index (κ1) is 11.3. The lowest BCUT2D eigenvalue weighted by molar-refractivity contribution is 0.0696. The summed E-state index contributed by atoms with van der Waals surface area (Å²) in [5.74, 6) is -0.912. The van der Waals surface area contributed by atoms with Gasteiger partial charge in [0.05, 0.1) is 5.56 Å². The van der Waals surface area contributed by atoms with Crippen LogP contribution in [0.15, 0.2) is 42.5 Å². The second-order valence-corrected chi connectivity index (χ2v) is 3.96. The molecule has 1 aromatic heterocycles. The van der Waals surface area contributed by atoms with E-state index in [2.05, 4.69) is 4.98 Å². The first-order chi connectivity index (χ1) is 8.15. The van der Waals surface area contributed by atoms with Gasteiger partial charge in [-0.3, -0.25) is 4.98 Å². The van der Waals surface area contributed by atoms with E-state index in [1.807, 2.05) is 30.3 Å². The first-order valence-corrected chi connectivity index (χ1v) is 5.40. The van der Waals surface area contributed by atoms with Crippen LogP contribution in [0.2, 0.25) is 0 Å². The van der Waals surface area contributed by atoms with Crippen molar-refractivity contribution >= 4 is 5.97 Å². The van der Waals surface area contributed by atoms with E-state index >= 15 is 0 Å². The third-order valence-corrected chi connectivity index (χ3v) is 2.48. The highest BCUT2D eigenvalue weighted by molar-refractivity contribution is 5.87. The molecule has 0 amide bonds. The van der Waals surface area contributed by atoms with E-state index in [-0.39, 0.29) is 0 Å². The standard InChI is InChI=1S/C14H13NO2/c1-10-7-12(14(16)17)9-13(15-10)8-11-5-3-2-4-6-11/h2-7,9H,8H2,1H3,(H,16,17). The van der Waals surface area contributed by atoms with Crippen molar-refractivity contribution < 1.29 is 9.90 Å².